The van der Waals surface area contributed by atoms with Crippen LogP contribution in [-0.2, 0) is 29.6 Å². The molecule has 0 saturated heterocycles. The van der Waals surface area contributed by atoms with Crippen LogP contribution >= 0.6 is 0 Å². The maximum absolute atomic E-state index is 13.0. The summed E-state index contributed by atoms with van der Waals surface area (Å²) in [6, 6.07) is 0. The first-order valence-electron chi connectivity index (χ1n) is 5.49. The van der Waals surface area contributed by atoms with Gasteiger partial charge in [0.15, 0.2) is 11.5 Å². The minimum absolute atomic E-state index is 0.0553. The Morgan fingerprint density at radius 1 is 1.17 bits per heavy atom. The zero-order chi connectivity index (χ0) is 13.6. The third-order valence-electron chi connectivity index (χ3n) is 3.00. The average Bonchev–Trinajstić information content (AvgIpc) is 2.73. The molecule has 2 rings (SSSR count). The van der Waals surface area contributed by atoms with Crippen molar-refractivity contribution >= 4 is 0 Å². The number of methoxy groups -OCH3 is 1. The highest BCUT2D eigenvalue weighted by molar-refractivity contribution is 5.32. The summed E-state index contributed by atoms with van der Waals surface area (Å²) in [5, 5.41) is 2.85. The summed E-state index contributed by atoms with van der Waals surface area (Å²) in [5.74, 6) is 0.0553. The molecular formula is C11H14F3N3O. The van der Waals surface area contributed by atoms with Gasteiger partial charge < -0.3 is 10.1 Å². The first-order chi connectivity index (χ1) is 8.25. The molecular weight excluding hydrogens is 247 g/mol. The van der Waals surface area contributed by atoms with Crippen LogP contribution in [0.5, 0.6) is 0 Å². The molecule has 7 heteroatoms. The van der Waals surface area contributed by atoms with Crippen molar-refractivity contribution in [3.8, 4) is 0 Å². The van der Waals surface area contributed by atoms with E-state index in [4.69, 9.17) is 4.74 Å². The van der Waals surface area contributed by atoms with E-state index in [-0.39, 0.29) is 17.9 Å². The average molecular weight is 261 g/mol. The lowest BCUT2D eigenvalue weighted by molar-refractivity contribution is -0.142. The highest BCUT2D eigenvalue weighted by Gasteiger charge is 2.40. The quantitative estimate of drug-likeness (QED) is 0.884. The normalized spacial score (nSPS) is 15.9. The van der Waals surface area contributed by atoms with Gasteiger partial charge in [-0.25, -0.2) is 9.97 Å². The number of hydrogen-bond acceptors (Lipinski definition) is 4. The van der Waals surface area contributed by atoms with Gasteiger partial charge in [0.05, 0.1) is 5.69 Å². The molecule has 1 aromatic heterocycles. The smallest absolute Gasteiger partial charge is 0.371 e. The summed E-state index contributed by atoms with van der Waals surface area (Å²) in [6.07, 6.45) is -4.47. The maximum atomic E-state index is 13.0. The van der Waals surface area contributed by atoms with Crippen molar-refractivity contribution in [1.82, 2.24) is 15.3 Å². The van der Waals surface area contributed by atoms with Crippen molar-refractivity contribution < 1.29 is 17.9 Å². The van der Waals surface area contributed by atoms with E-state index in [0.29, 0.717) is 12.2 Å². The van der Waals surface area contributed by atoms with Gasteiger partial charge >= 0.3 is 6.18 Å². The van der Waals surface area contributed by atoms with Crippen molar-refractivity contribution in [1.29, 1.82) is 0 Å². The van der Waals surface area contributed by atoms with Gasteiger partial charge in [0.2, 0.25) is 0 Å². The Balaban J connectivity index is 2.60. The molecule has 1 aliphatic heterocycles. The third-order valence-corrected chi connectivity index (χ3v) is 3.00. The van der Waals surface area contributed by atoms with Crippen molar-refractivity contribution in [2.45, 2.75) is 38.7 Å². The number of halogens is 3. The molecule has 0 aliphatic carbocycles. The Kier molecular flexibility index (Phi) is 3.06. The first kappa shape index (κ1) is 13.2. The summed E-state index contributed by atoms with van der Waals surface area (Å²) < 4.78 is 44.0. The zero-order valence-corrected chi connectivity index (χ0v) is 10.4. The van der Waals surface area contributed by atoms with Gasteiger partial charge in [-0.05, 0) is 13.8 Å². The van der Waals surface area contributed by atoms with Gasteiger partial charge in [-0.1, -0.05) is 0 Å². The Bertz CT molecular complexity index is 471. The Morgan fingerprint density at radius 3 is 2.39 bits per heavy atom. The van der Waals surface area contributed by atoms with Crippen molar-refractivity contribution in [2.24, 2.45) is 0 Å². The molecule has 0 spiro atoms. The van der Waals surface area contributed by atoms with Gasteiger partial charge in [0, 0.05) is 25.8 Å². The number of nitrogens with one attached hydrogen (secondary N) is 1. The Morgan fingerprint density at radius 2 is 1.83 bits per heavy atom. The van der Waals surface area contributed by atoms with Crippen LogP contribution in [0.25, 0.3) is 0 Å². The van der Waals surface area contributed by atoms with Crippen LogP contribution in [0, 0.1) is 0 Å². The minimum atomic E-state index is -4.47. The lowest BCUT2D eigenvalue weighted by Gasteiger charge is -2.23. The van der Waals surface area contributed by atoms with Gasteiger partial charge in [0.25, 0.3) is 0 Å². The van der Waals surface area contributed by atoms with Crippen LogP contribution in [-0.4, -0.2) is 17.1 Å². The van der Waals surface area contributed by atoms with E-state index in [1.54, 1.807) is 13.8 Å². The predicted octanol–water partition coefficient (Wildman–Crippen LogP) is 1.98. The van der Waals surface area contributed by atoms with E-state index in [0.717, 1.165) is 0 Å². The molecule has 1 aliphatic rings. The number of rotatable bonds is 2. The van der Waals surface area contributed by atoms with E-state index in [2.05, 4.69) is 15.3 Å². The summed E-state index contributed by atoms with van der Waals surface area (Å²) in [7, 11) is 1.42. The van der Waals surface area contributed by atoms with Crippen LogP contribution in [0.2, 0.25) is 0 Å². The fraction of sp³-hybridized carbons (Fsp3) is 0.636. The molecule has 2 heterocycles. The minimum Gasteiger partial charge on any atom is -0.371 e. The van der Waals surface area contributed by atoms with Gasteiger partial charge in [-0.15, -0.1) is 0 Å². The summed E-state index contributed by atoms with van der Waals surface area (Å²) in [6.45, 7) is 3.75. The zero-order valence-electron chi connectivity index (χ0n) is 10.4. The molecule has 0 aromatic carbocycles. The molecule has 18 heavy (non-hydrogen) atoms. The molecule has 1 N–H and O–H groups in total. The lowest BCUT2D eigenvalue weighted by Crippen LogP contribution is -2.26. The molecule has 0 amide bonds. The predicted molar refractivity (Wildman–Crippen MR) is 57.6 cm³/mol. The number of hydrogen-bond donors (Lipinski definition) is 1. The second-order valence-corrected chi connectivity index (χ2v) is 4.64. The van der Waals surface area contributed by atoms with E-state index in [9.17, 15) is 13.2 Å². The number of aromatic nitrogens is 2. The summed E-state index contributed by atoms with van der Waals surface area (Å²) in [4.78, 5) is 7.83. The standard InChI is InChI=1S/C11H14F3N3O/c1-10(2,18-3)9-16-7-5-15-4-6(7)8(17-9)11(12,13)14/h15H,4-5H2,1-3H3. The van der Waals surface area contributed by atoms with Gasteiger partial charge in [-0.2, -0.15) is 13.2 Å². The number of fused-ring (bicyclic) bond motifs is 1. The largest absolute Gasteiger partial charge is 0.433 e. The highest BCUT2D eigenvalue weighted by Crippen LogP contribution is 2.34. The third kappa shape index (κ3) is 2.20. The summed E-state index contributed by atoms with van der Waals surface area (Å²) >= 11 is 0. The first-order valence-corrected chi connectivity index (χ1v) is 5.49. The Labute approximate surface area is 103 Å². The maximum Gasteiger partial charge on any atom is 0.433 e. The molecule has 100 valence electrons. The van der Waals surface area contributed by atoms with Crippen LogP contribution < -0.4 is 5.32 Å². The monoisotopic (exact) mass is 261 g/mol. The van der Waals surface area contributed by atoms with Crippen LogP contribution in [0.1, 0.15) is 36.6 Å². The van der Waals surface area contributed by atoms with Gasteiger partial charge in [-0.3, -0.25) is 0 Å². The van der Waals surface area contributed by atoms with Crippen molar-refractivity contribution in [3.63, 3.8) is 0 Å². The van der Waals surface area contributed by atoms with Crippen LogP contribution in [0.4, 0.5) is 13.2 Å². The fourth-order valence-electron chi connectivity index (χ4n) is 1.76. The van der Waals surface area contributed by atoms with Gasteiger partial charge in [0.1, 0.15) is 5.60 Å². The Hall–Kier alpha value is -1.21. The number of ether oxygens (including phenoxy) is 1. The van der Waals surface area contributed by atoms with E-state index >= 15 is 0 Å². The summed E-state index contributed by atoms with van der Waals surface area (Å²) in [5.41, 5.74) is -1.27. The fourth-order valence-corrected chi connectivity index (χ4v) is 1.76. The van der Waals surface area contributed by atoms with E-state index in [1.165, 1.54) is 7.11 Å². The van der Waals surface area contributed by atoms with E-state index < -0.39 is 17.5 Å². The SMILES string of the molecule is COC(C)(C)c1nc2c(c(C(F)(F)F)n1)CNC2. The van der Waals surface area contributed by atoms with Crippen LogP contribution in [0.15, 0.2) is 0 Å². The molecule has 0 saturated carbocycles. The second kappa shape index (κ2) is 4.17. The molecule has 4 nitrogen and oxygen atoms in total. The van der Waals surface area contributed by atoms with E-state index in [1.807, 2.05) is 0 Å². The molecule has 0 atom stereocenters. The van der Waals surface area contributed by atoms with Crippen LogP contribution in [0.3, 0.4) is 0 Å². The molecule has 0 fully saturated rings. The lowest BCUT2D eigenvalue weighted by atomic mass is 10.1. The molecule has 0 radical (unpaired) electrons. The topological polar surface area (TPSA) is 47.0 Å². The van der Waals surface area contributed by atoms with Crippen molar-refractivity contribution in [3.05, 3.63) is 22.8 Å². The van der Waals surface area contributed by atoms with Crippen molar-refractivity contribution in [2.75, 3.05) is 7.11 Å². The molecule has 0 unspecified atom stereocenters. The number of alkyl halides is 3. The highest BCUT2D eigenvalue weighted by atomic mass is 19.4. The molecule has 0 bridgehead atoms. The number of nitrogens with zero attached hydrogens (tertiary/aromatic N) is 2. The molecule has 1 aromatic rings. The second-order valence-electron chi connectivity index (χ2n) is 4.64.